The SMILES string of the molecule is c1ccc(-c2ccc3c(c2)c2ccccc2n3C2=NC(c3cccc(-c4ccc5c(c4)oc4ccccc45)c3)=NC(c3ccccc3)N2)cc1. The molecule has 50 heavy (non-hydrogen) atoms. The molecule has 5 heteroatoms. The monoisotopic (exact) mass is 642 g/mol. The van der Waals surface area contributed by atoms with Gasteiger partial charge >= 0.3 is 0 Å². The maximum absolute atomic E-state index is 6.23. The molecule has 1 unspecified atom stereocenters. The molecule has 1 aliphatic heterocycles. The molecule has 0 fully saturated rings. The first-order chi connectivity index (χ1) is 24.8. The standard InChI is InChI=1S/C45H30N4O/c1-3-12-29(13-4-1)32-23-25-40-38(27-32)35-18-7-9-20-39(35)49(40)45-47-43(30-14-5-2-6-15-30)46-44(48-45)34-17-11-16-31(26-34)33-22-24-37-36-19-8-10-21-41(36)50-42(37)28-33/h1-28,43H,(H,46,47,48). The Balaban J connectivity index is 1.12. The molecular formula is C45H30N4O. The summed E-state index contributed by atoms with van der Waals surface area (Å²) in [5.41, 5.74) is 10.5. The number of furan rings is 1. The largest absolute Gasteiger partial charge is 0.456 e. The summed E-state index contributed by atoms with van der Waals surface area (Å²) in [5, 5.41) is 8.29. The first-order valence-electron chi connectivity index (χ1n) is 16.9. The van der Waals surface area contributed by atoms with Gasteiger partial charge in [-0.25, -0.2) is 4.99 Å². The Morgan fingerprint density at radius 1 is 0.460 bits per heavy atom. The van der Waals surface area contributed by atoms with Crippen molar-refractivity contribution < 1.29 is 4.42 Å². The molecule has 0 spiro atoms. The fourth-order valence-electron chi connectivity index (χ4n) is 7.24. The van der Waals surface area contributed by atoms with Crippen molar-refractivity contribution >= 4 is 55.5 Å². The predicted octanol–water partition coefficient (Wildman–Crippen LogP) is 11.0. The number of para-hydroxylation sites is 2. The molecule has 2 aromatic heterocycles. The molecule has 5 nitrogen and oxygen atoms in total. The van der Waals surface area contributed by atoms with Crippen LogP contribution in [0.2, 0.25) is 0 Å². The summed E-state index contributed by atoms with van der Waals surface area (Å²) >= 11 is 0. The van der Waals surface area contributed by atoms with E-state index in [0.717, 1.165) is 61.2 Å². The van der Waals surface area contributed by atoms with Crippen LogP contribution in [0.4, 0.5) is 0 Å². The fraction of sp³-hybridized carbons (Fsp3) is 0.0222. The molecular weight excluding hydrogens is 613 g/mol. The highest BCUT2D eigenvalue weighted by Crippen LogP contribution is 2.35. The van der Waals surface area contributed by atoms with Gasteiger partial charge in [-0.3, -0.25) is 4.57 Å². The van der Waals surface area contributed by atoms with Crippen LogP contribution >= 0.6 is 0 Å². The summed E-state index contributed by atoms with van der Waals surface area (Å²) in [6, 6.07) is 59.2. The van der Waals surface area contributed by atoms with Gasteiger partial charge < -0.3 is 9.73 Å². The van der Waals surface area contributed by atoms with Crippen LogP contribution < -0.4 is 5.32 Å². The molecule has 9 aromatic rings. The average Bonchev–Trinajstić information content (AvgIpc) is 3.73. The van der Waals surface area contributed by atoms with Crippen molar-refractivity contribution in [3.05, 3.63) is 181 Å². The van der Waals surface area contributed by atoms with Crippen LogP contribution in [0.5, 0.6) is 0 Å². The Bertz CT molecular complexity index is 2790. The molecule has 3 heterocycles. The van der Waals surface area contributed by atoms with Crippen LogP contribution in [0.1, 0.15) is 17.3 Å². The third kappa shape index (κ3) is 4.71. The van der Waals surface area contributed by atoms with Gasteiger partial charge in [0.05, 0.1) is 11.0 Å². The third-order valence-electron chi connectivity index (χ3n) is 9.67. The van der Waals surface area contributed by atoms with Gasteiger partial charge in [-0.1, -0.05) is 127 Å². The van der Waals surface area contributed by atoms with Crippen LogP contribution in [0.25, 0.3) is 66.0 Å². The number of hydrogen-bond acceptors (Lipinski definition) is 4. The smallest absolute Gasteiger partial charge is 0.211 e. The quantitative estimate of drug-likeness (QED) is 0.208. The third-order valence-corrected chi connectivity index (χ3v) is 9.67. The van der Waals surface area contributed by atoms with Crippen molar-refractivity contribution in [2.24, 2.45) is 9.98 Å². The Morgan fingerprint density at radius 2 is 1.10 bits per heavy atom. The number of benzene rings is 7. The minimum atomic E-state index is -0.325. The average molecular weight is 643 g/mol. The van der Waals surface area contributed by atoms with Crippen LogP contribution in [-0.4, -0.2) is 16.4 Å². The van der Waals surface area contributed by atoms with Crippen LogP contribution in [0, 0.1) is 0 Å². The second-order valence-electron chi connectivity index (χ2n) is 12.7. The molecule has 1 N–H and O–H groups in total. The van der Waals surface area contributed by atoms with E-state index in [4.69, 9.17) is 14.4 Å². The minimum Gasteiger partial charge on any atom is -0.456 e. The van der Waals surface area contributed by atoms with E-state index in [1.54, 1.807) is 0 Å². The van der Waals surface area contributed by atoms with E-state index in [2.05, 4.69) is 155 Å². The molecule has 0 radical (unpaired) electrons. The normalized spacial score (nSPS) is 14.6. The molecule has 0 bridgehead atoms. The zero-order valence-corrected chi connectivity index (χ0v) is 27.0. The number of rotatable bonds is 4. The van der Waals surface area contributed by atoms with E-state index < -0.39 is 0 Å². The lowest BCUT2D eigenvalue weighted by atomic mass is 10.0. The highest BCUT2D eigenvalue weighted by Gasteiger charge is 2.24. The summed E-state index contributed by atoms with van der Waals surface area (Å²) in [6.07, 6.45) is -0.325. The highest BCUT2D eigenvalue weighted by atomic mass is 16.3. The lowest BCUT2D eigenvalue weighted by Gasteiger charge is -2.25. The van der Waals surface area contributed by atoms with Crippen molar-refractivity contribution in [2.75, 3.05) is 0 Å². The molecule has 1 aliphatic rings. The molecule has 0 amide bonds. The molecule has 236 valence electrons. The lowest BCUT2D eigenvalue weighted by molar-refractivity contribution is 0.661. The van der Waals surface area contributed by atoms with Gasteiger partial charge in [0.2, 0.25) is 5.96 Å². The first kappa shape index (κ1) is 28.3. The van der Waals surface area contributed by atoms with Crippen LogP contribution in [0.3, 0.4) is 0 Å². The molecule has 1 atom stereocenters. The van der Waals surface area contributed by atoms with E-state index >= 15 is 0 Å². The van der Waals surface area contributed by atoms with Crippen molar-refractivity contribution in [1.29, 1.82) is 0 Å². The van der Waals surface area contributed by atoms with Gasteiger partial charge in [-0.15, -0.1) is 0 Å². The molecule has 10 rings (SSSR count). The van der Waals surface area contributed by atoms with E-state index in [9.17, 15) is 0 Å². The van der Waals surface area contributed by atoms with Gasteiger partial charge in [-0.2, -0.15) is 4.99 Å². The summed E-state index contributed by atoms with van der Waals surface area (Å²) in [5.74, 6) is 1.41. The van der Waals surface area contributed by atoms with E-state index in [1.807, 2.05) is 24.3 Å². The van der Waals surface area contributed by atoms with Crippen LogP contribution in [-0.2, 0) is 0 Å². The number of aromatic nitrogens is 1. The Morgan fingerprint density at radius 3 is 1.98 bits per heavy atom. The number of fused-ring (bicyclic) bond motifs is 6. The highest BCUT2D eigenvalue weighted by molar-refractivity contribution is 6.17. The van der Waals surface area contributed by atoms with Crippen molar-refractivity contribution in [2.45, 2.75) is 6.17 Å². The molecule has 0 saturated carbocycles. The molecule has 7 aromatic carbocycles. The topological polar surface area (TPSA) is 54.8 Å². The Hall–Kier alpha value is -6.72. The Kier molecular flexibility index (Phi) is 6.49. The second-order valence-corrected chi connectivity index (χ2v) is 12.7. The number of amidine groups is 1. The number of nitrogens with zero attached hydrogens (tertiary/aromatic N) is 3. The summed E-state index contributed by atoms with van der Waals surface area (Å²) < 4.78 is 8.47. The summed E-state index contributed by atoms with van der Waals surface area (Å²) in [7, 11) is 0. The van der Waals surface area contributed by atoms with Crippen LogP contribution in [0.15, 0.2) is 184 Å². The number of nitrogens with one attached hydrogen (secondary N) is 1. The van der Waals surface area contributed by atoms with Crippen molar-refractivity contribution in [3.63, 3.8) is 0 Å². The first-order valence-corrected chi connectivity index (χ1v) is 16.9. The fourth-order valence-corrected chi connectivity index (χ4v) is 7.24. The lowest BCUT2D eigenvalue weighted by Crippen LogP contribution is -2.37. The van der Waals surface area contributed by atoms with Gasteiger partial charge in [0.25, 0.3) is 0 Å². The zero-order chi connectivity index (χ0) is 33.0. The zero-order valence-electron chi connectivity index (χ0n) is 27.0. The van der Waals surface area contributed by atoms with Gasteiger partial charge in [-0.05, 0) is 70.3 Å². The molecule has 0 saturated heterocycles. The minimum absolute atomic E-state index is 0.325. The number of aliphatic imine (C=N–C) groups is 2. The maximum Gasteiger partial charge on any atom is 0.211 e. The molecule has 0 aliphatic carbocycles. The van der Waals surface area contributed by atoms with Gasteiger partial charge in [0.15, 0.2) is 5.84 Å². The predicted molar refractivity (Wildman–Crippen MR) is 206 cm³/mol. The summed E-state index contributed by atoms with van der Waals surface area (Å²) in [4.78, 5) is 10.5. The van der Waals surface area contributed by atoms with Crippen molar-refractivity contribution in [3.8, 4) is 22.3 Å². The summed E-state index contributed by atoms with van der Waals surface area (Å²) in [6.45, 7) is 0. The van der Waals surface area contributed by atoms with E-state index in [0.29, 0.717) is 5.84 Å². The van der Waals surface area contributed by atoms with E-state index in [-0.39, 0.29) is 6.17 Å². The second kappa shape index (κ2) is 11.5. The maximum atomic E-state index is 6.23. The number of hydrogen-bond donors (Lipinski definition) is 1. The van der Waals surface area contributed by atoms with Gasteiger partial charge in [0.1, 0.15) is 17.3 Å². The van der Waals surface area contributed by atoms with E-state index in [1.165, 1.54) is 21.9 Å². The Labute approximate surface area is 288 Å². The van der Waals surface area contributed by atoms with Gasteiger partial charge in [0, 0.05) is 27.1 Å². The van der Waals surface area contributed by atoms with Crippen molar-refractivity contribution in [1.82, 2.24) is 9.88 Å².